The second-order valence-corrected chi connectivity index (χ2v) is 5.13. The van der Waals surface area contributed by atoms with Crippen LogP contribution in [0.5, 0.6) is 0 Å². The molecule has 2 aromatic rings. The van der Waals surface area contributed by atoms with E-state index >= 15 is 0 Å². The average Bonchev–Trinajstić information content (AvgIpc) is 2.83. The molecule has 0 unspecified atom stereocenters. The monoisotopic (exact) mass is 258 g/mol. The molecule has 0 aliphatic carbocycles. The van der Waals surface area contributed by atoms with Gasteiger partial charge in [-0.3, -0.25) is 4.79 Å². The standard InChI is InChI=1S/C15H18N2O2/c1-10-7-11(2)12-9-14(16-13(12)8-10)15(18)17-3-5-19-6-4-17/h7-9,16H,3-6H2,1-2H3. The van der Waals surface area contributed by atoms with Gasteiger partial charge in [0.1, 0.15) is 5.69 Å². The highest BCUT2D eigenvalue weighted by Gasteiger charge is 2.20. The second kappa shape index (κ2) is 4.70. The highest BCUT2D eigenvalue weighted by atomic mass is 16.5. The van der Waals surface area contributed by atoms with E-state index in [0.717, 1.165) is 10.9 Å². The smallest absolute Gasteiger partial charge is 0.270 e. The first-order chi connectivity index (χ1) is 9.15. The Kier molecular flexibility index (Phi) is 3.03. The molecule has 1 amide bonds. The normalized spacial score (nSPS) is 16.0. The van der Waals surface area contributed by atoms with Crippen LogP contribution in [0, 0.1) is 13.8 Å². The number of morpholine rings is 1. The second-order valence-electron chi connectivity index (χ2n) is 5.13. The SMILES string of the molecule is Cc1cc(C)c2cc(C(=O)N3CCOCC3)[nH]c2c1. The van der Waals surface area contributed by atoms with Gasteiger partial charge in [0, 0.05) is 24.0 Å². The van der Waals surface area contributed by atoms with E-state index in [4.69, 9.17) is 4.74 Å². The first-order valence-electron chi connectivity index (χ1n) is 6.62. The van der Waals surface area contributed by atoms with Crippen molar-refractivity contribution in [2.75, 3.05) is 26.3 Å². The molecule has 4 nitrogen and oxygen atoms in total. The van der Waals surface area contributed by atoms with Crippen LogP contribution in [0.25, 0.3) is 10.9 Å². The van der Waals surface area contributed by atoms with Crippen LogP contribution < -0.4 is 0 Å². The van der Waals surface area contributed by atoms with Gasteiger partial charge >= 0.3 is 0 Å². The summed E-state index contributed by atoms with van der Waals surface area (Å²) in [4.78, 5) is 17.5. The van der Waals surface area contributed by atoms with Gasteiger partial charge < -0.3 is 14.6 Å². The largest absolute Gasteiger partial charge is 0.378 e. The molecular weight excluding hydrogens is 240 g/mol. The first kappa shape index (κ1) is 12.2. The lowest BCUT2D eigenvalue weighted by Gasteiger charge is -2.26. The van der Waals surface area contributed by atoms with E-state index in [1.165, 1.54) is 11.1 Å². The number of hydrogen-bond acceptors (Lipinski definition) is 2. The molecule has 0 radical (unpaired) electrons. The third kappa shape index (κ3) is 2.24. The number of aromatic amines is 1. The lowest BCUT2D eigenvalue weighted by Crippen LogP contribution is -2.40. The number of nitrogens with one attached hydrogen (secondary N) is 1. The van der Waals surface area contributed by atoms with E-state index < -0.39 is 0 Å². The molecule has 4 heteroatoms. The number of benzene rings is 1. The molecule has 0 bridgehead atoms. The summed E-state index contributed by atoms with van der Waals surface area (Å²) < 4.78 is 5.28. The average molecular weight is 258 g/mol. The Morgan fingerprint density at radius 3 is 2.68 bits per heavy atom. The summed E-state index contributed by atoms with van der Waals surface area (Å²) in [6.45, 7) is 6.75. The van der Waals surface area contributed by atoms with Crippen LogP contribution in [0.15, 0.2) is 18.2 Å². The van der Waals surface area contributed by atoms with Gasteiger partial charge in [-0.25, -0.2) is 0 Å². The maximum Gasteiger partial charge on any atom is 0.270 e. The molecular formula is C15H18N2O2. The van der Waals surface area contributed by atoms with Gasteiger partial charge in [-0.05, 0) is 37.1 Å². The van der Waals surface area contributed by atoms with Crippen molar-refractivity contribution in [3.05, 3.63) is 35.0 Å². The number of rotatable bonds is 1. The predicted octanol–water partition coefficient (Wildman–Crippen LogP) is 2.26. The molecule has 1 N–H and O–H groups in total. The zero-order valence-corrected chi connectivity index (χ0v) is 11.3. The fraction of sp³-hybridized carbons (Fsp3) is 0.400. The molecule has 1 fully saturated rings. The molecule has 1 aromatic carbocycles. The van der Waals surface area contributed by atoms with Crippen molar-refractivity contribution in [1.29, 1.82) is 0 Å². The summed E-state index contributed by atoms with van der Waals surface area (Å²) >= 11 is 0. The molecule has 0 spiro atoms. The Balaban J connectivity index is 1.96. The van der Waals surface area contributed by atoms with Gasteiger partial charge in [0.2, 0.25) is 0 Å². The number of aryl methyl sites for hydroxylation is 2. The van der Waals surface area contributed by atoms with Crippen molar-refractivity contribution in [2.45, 2.75) is 13.8 Å². The number of amides is 1. The van der Waals surface area contributed by atoms with E-state index in [1.807, 2.05) is 11.0 Å². The van der Waals surface area contributed by atoms with Crippen molar-refractivity contribution in [2.24, 2.45) is 0 Å². The topological polar surface area (TPSA) is 45.3 Å². The van der Waals surface area contributed by atoms with E-state index in [9.17, 15) is 4.79 Å². The van der Waals surface area contributed by atoms with Gasteiger partial charge in [-0.1, -0.05) is 6.07 Å². The molecule has 1 aliphatic rings. The number of nitrogens with zero attached hydrogens (tertiary/aromatic N) is 1. The van der Waals surface area contributed by atoms with E-state index in [1.54, 1.807) is 0 Å². The van der Waals surface area contributed by atoms with Crippen LogP contribution in [0.1, 0.15) is 21.6 Å². The van der Waals surface area contributed by atoms with Crippen molar-refractivity contribution in [1.82, 2.24) is 9.88 Å². The van der Waals surface area contributed by atoms with E-state index in [-0.39, 0.29) is 5.91 Å². The van der Waals surface area contributed by atoms with Gasteiger partial charge in [0.25, 0.3) is 5.91 Å². The number of carbonyl (C=O) groups excluding carboxylic acids is 1. The van der Waals surface area contributed by atoms with Gasteiger partial charge in [0.15, 0.2) is 0 Å². The van der Waals surface area contributed by atoms with Crippen molar-refractivity contribution in [3.63, 3.8) is 0 Å². The zero-order valence-electron chi connectivity index (χ0n) is 11.3. The Bertz CT molecular complexity index is 624. The number of carbonyl (C=O) groups is 1. The highest BCUT2D eigenvalue weighted by Crippen LogP contribution is 2.22. The minimum Gasteiger partial charge on any atom is -0.378 e. The maximum atomic E-state index is 12.4. The molecule has 0 atom stereocenters. The Morgan fingerprint density at radius 2 is 1.95 bits per heavy atom. The van der Waals surface area contributed by atoms with Crippen LogP contribution in [0.2, 0.25) is 0 Å². The third-order valence-electron chi connectivity index (χ3n) is 3.62. The number of fused-ring (bicyclic) bond motifs is 1. The van der Waals surface area contributed by atoms with Crippen molar-refractivity contribution >= 4 is 16.8 Å². The summed E-state index contributed by atoms with van der Waals surface area (Å²) in [5.41, 5.74) is 4.12. The molecule has 2 heterocycles. The Labute approximate surface area is 112 Å². The fourth-order valence-corrected chi connectivity index (χ4v) is 2.65. The van der Waals surface area contributed by atoms with Crippen molar-refractivity contribution in [3.8, 4) is 0 Å². The van der Waals surface area contributed by atoms with Crippen LogP contribution in [-0.2, 0) is 4.74 Å². The number of aromatic nitrogens is 1. The summed E-state index contributed by atoms with van der Waals surface area (Å²) in [7, 11) is 0. The van der Waals surface area contributed by atoms with Gasteiger partial charge in [-0.2, -0.15) is 0 Å². The molecule has 0 saturated carbocycles. The number of ether oxygens (including phenoxy) is 1. The summed E-state index contributed by atoms with van der Waals surface area (Å²) in [5.74, 6) is 0.0663. The molecule has 100 valence electrons. The third-order valence-corrected chi connectivity index (χ3v) is 3.62. The van der Waals surface area contributed by atoms with Gasteiger partial charge in [-0.15, -0.1) is 0 Å². The molecule has 1 aliphatic heterocycles. The molecule has 1 saturated heterocycles. The Hall–Kier alpha value is -1.81. The first-order valence-corrected chi connectivity index (χ1v) is 6.62. The number of hydrogen-bond donors (Lipinski definition) is 1. The minimum atomic E-state index is 0.0663. The predicted molar refractivity (Wildman–Crippen MR) is 74.5 cm³/mol. The summed E-state index contributed by atoms with van der Waals surface area (Å²) in [6.07, 6.45) is 0. The summed E-state index contributed by atoms with van der Waals surface area (Å²) in [6, 6.07) is 6.18. The van der Waals surface area contributed by atoms with Crippen LogP contribution >= 0.6 is 0 Å². The van der Waals surface area contributed by atoms with Crippen LogP contribution in [0.3, 0.4) is 0 Å². The van der Waals surface area contributed by atoms with Crippen LogP contribution in [0.4, 0.5) is 0 Å². The molecule has 3 rings (SSSR count). The minimum absolute atomic E-state index is 0.0663. The Morgan fingerprint density at radius 1 is 1.21 bits per heavy atom. The molecule has 1 aromatic heterocycles. The van der Waals surface area contributed by atoms with Crippen LogP contribution in [-0.4, -0.2) is 42.1 Å². The lowest BCUT2D eigenvalue weighted by molar-refractivity contribution is 0.0299. The number of H-pyrrole nitrogens is 1. The quantitative estimate of drug-likeness (QED) is 0.852. The molecule has 19 heavy (non-hydrogen) atoms. The van der Waals surface area contributed by atoms with Gasteiger partial charge in [0.05, 0.1) is 13.2 Å². The van der Waals surface area contributed by atoms with E-state index in [2.05, 4.69) is 31.0 Å². The van der Waals surface area contributed by atoms with Crippen molar-refractivity contribution < 1.29 is 9.53 Å². The highest BCUT2D eigenvalue weighted by molar-refractivity contribution is 5.99. The van der Waals surface area contributed by atoms with E-state index in [0.29, 0.717) is 32.0 Å². The maximum absolute atomic E-state index is 12.4. The lowest BCUT2D eigenvalue weighted by atomic mass is 10.1. The fourth-order valence-electron chi connectivity index (χ4n) is 2.65. The zero-order chi connectivity index (χ0) is 13.4. The summed E-state index contributed by atoms with van der Waals surface area (Å²) in [5, 5.41) is 1.13.